The Morgan fingerprint density at radius 2 is 1.79 bits per heavy atom. The largest absolute Gasteiger partial charge is 0.464 e. The first-order valence-electron chi connectivity index (χ1n) is 8.87. The number of esters is 1. The molecule has 0 saturated heterocycles. The van der Waals surface area contributed by atoms with Crippen LogP contribution in [-0.4, -0.2) is 31.6 Å². The van der Waals surface area contributed by atoms with Gasteiger partial charge in [-0.25, -0.2) is 4.79 Å². The summed E-state index contributed by atoms with van der Waals surface area (Å²) in [5.41, 5.74) is 5.88. The fraction of sp³-hybridized carbons (Fsp3) is 0.227. The molecule has 2 aromatic carbocycles. The predicted octanol–water partition coefficient (Wildman–Crippen LogP) is 3.74. The summed E-state index contributed by atoms with van der Waals surface area (Å²) in [6.45, 7) is 2.11. The van der Waals surface area contributed by atoms with Crippen molar-refractivity contribution in [2.24, 2.45) is 10.3 Å². The van der Waals surface area contributed by atoms with E-state index in [0.29, 0.717) is 5.56 Å². The predicted molar refractivity (Wildman–Crippen MR) is 108 cm³/mol. The SMILES string of the molecule is CO/N=C(/C(=O)OC)c1ccccc1CO/N=C(\C)C1=Cc2ccccc2C1. The molecule has 6 nitrogen and oxygen atoms in total. The highest BCUT2D eigenvalue weighted by molar-refractivity contribution is 6.43. The molecule has 0 radical (unpaired) electrons. The van der Waals surface area contributed by atoms with Crippen LogP contribution in [0.5, 0.6) is 0 Å². The summed E-state index contributed by atoms with van der Waals surface area (Å²) in [7, 11) is 2.68. The van der Waals surface area contributed by atoms with Crippen molar-refractivity contribution in [3.8, 4) is 0 Å². The highest BCUT2D eigenvalue weighted by Gasteiger charge is 2.19. The Hall–Kier alpha value is -3.41. The van der Waals surface area contributed by atoms with E-state index in [-0.39, 0.29) is 12.3 Å². The van der Waals surface area contributed by atoms with Gasteiger partial charge in [0.15, 0.2) is 5.71 Å². The summed E-state index contributed by atoms with van der Waals surface area (Å²) in [4.78, 5) is 22.4. The standard InChI is InChI=1S/C22H22N2O4/c1-15(19-12-16-8-4-5-9-17(16)13-19)23-28-14-18-10-6-7-11-20(18)21(24-27-3)22(25)26-2/h4-12H,13-14H2,1-3H3/b23-15+,24-21+. The van der Waals surface area contributed by atoms with Crippen molar-refractivity contribution in [3.05, 3.63) is 76.4 Å². The molecule has 3 rings (SSSR count). The molecule has 0 spiro atoms. The van der Waals surface area contributed by atoms with Crippen molar-refractivity contribution in [2.45, 2.75) is 20.0 Å². The van der Waals surface area contributed by atoms with Gasteiger partial charge in [-0.15, -0.1) is 0 Å². The zero-order valence-electron chi connectivity index (χ0n) is 16.1. The van der Waals surface area contributed by atoms with Gasteiger partial charge < -0.3 is 14.4 Å². The average molecular weight is 378 g/mol. The Morgan fingerprint density at radius 3 is 2.54 bits per heavy atom. The Balaban J connectivity index is 1.73. The lowest BCUT2D eigenvalue weighted by molar-refractivity contribution is -0.132. The molecule has 0 fully saturated rings. The average Bonchev–Trinajstić information content (AvgIpc) is 3.16. The first-order valence-corrected chi connectivity index (χ1v) is 8.87. The number of fused-ring (bicyclic) bond motifs is 1. The molecule has 1 aliphatic carbocycles. The number of hydrogen-bond acceptors (Lipinski definition) is 6. The van der Waals surface area contributed by atoms with Crippen molar-refractivity contribution in [2.75, 3.05) is 14.2 Å². The molecule has 2 aromatic rings. The van der Waals surface area contributed by atoms with Crippen LogP contribution in [0, 0.1) is 0 Å². The molecule has 0 bridgehead atoms. The van der Waals surface area contributed by atoms with E-state index in [9.17, 15) is 4.79 Å². The van der Waals surface area contributed by atoms with Crippen molar-refractivity contribution in [1.82, 2.24) is 0 Å². The molecule has 0 aromatic heterocycles. The van der Waals surface area contributed by atoms with E-state index in [0.717, 1.165) is 23.3 Å². The highest BCUT2D eigenvalue weighted by Crippen LogP contribution is 2.25. The van der Waals surface area contributed by atoms with Gasteiger partial charge in [-0.3, -0.25) is 0 Å². The molecule has 0 unspecified atom stereocenters. The number of carbonyl (C=O) groups excluding carboxylic acids is 1. The van der Waals surface area contributed by atoms with E-state index in [1.165, 1.54) is 25.3 Å². The van der Waals surface area contributed by atoms with E-state index < -0.39 is 5.97 Å². The van der Waals surface area contributed by atoms with Crippen LogP contribution < -0.4 is 0 Å². The summed E-state index contributed by atoms with van der Waals surface area (Å²) in [6, 6.07) is 15.6. The number of carbonyl (C=O) groups is 1. The smallest absolute Gasteiger partial charge is 0.360 e. The number of methoxy groups -OCH3 is 1. The number of benzene rings is 2. The van der Waals surface area contributed by atoms with Gasteiger partial charge in [0.2, 0.25) is 0 Å². The van der Waals surface area contributed by atoms with E-state index in [4.69, 9.17) is 14.4 Å². The van der Waals surface area contributed by atoms with Crippen LogP contribution in [0.2, 0.25) is 0 Å². The minimum atomic E-state index is -0.581. The number of nitrogens with zero attached hydrogens (tertiary/aromatic N) is 2. The molecule has 0 aliphatic heterocycles. The minimum Gasteiger partial charge on any atom is -0.464 e. The van der Waals surface area contributed by atoms with Crippen LogP contribution in [0.15, 0.2) is 64.4 Å². The zero-order chi connectivity index (χ0) is 19.9. The van der Waals surface area contributed by atoms with Crippen molar-refractivity contribution < 1.29 is 19.2 Å². The summed E-state index contributed by atoms with van der Waals surface area (Å²) in [6.07, 6.45) is 2.98. The number of allylic oxidation sites excluding steroid dienone is 1. The maximum absolute atomic E-state index is 12.0. The molecular formula is C22H22N2O4. The molecule has 0 saturated carbocycles. The Bertz CT molecular complexity index is 961. The van der Waals surface area contributed by atoms with Crippen LogP contribution in [-0.2, 0) is 32.2 Å². The zero-order valence-corrected chi connectivity index (χ0v) is 16.1. The Labute approximate surface area is 164 Å². The van der Waals surface area contributed by atoms with E-state index in [1.807, 2.05) is 37.3 Å². The number of oxime groups is 2. The van der Waals surface area contributed by atoms with Crippen molar-refractivity contribution in [3.63, 3.8) is 0 Å². The van der Waals surface area contributed by atoms with Gasteiger partial charge in [-0.1, -0.05) is 58.8 Å². The van der Waals surface area contributed by atoms with Crippen molar-refractivity contribution in [1.29, 1.82) is 0 Å². The van der Waals surface area contributed by atoms with Gasteiger partial charge in [-0.2, -0.15) is 0 Å². The molecule has 1 aliphatic rings. The summed E-state index contributed by atoms with van der Waals surface area (Å²) in [5, 5.41) is 8.05. The lowest BCUT2D eigenvalue weighted by Crippen LogP contribution is -2.19. The molecule has 28 heavy (non-hydrogen) atoms. The molecule has 6 heteroatoms. The highest BCUT2D eigenvalue weighted by atomic mass is 16.6. The first-order chi connectivity index (χ1) is 13.6. The molecule has 0 atom stereocenters. The fourth-order valence-corrected chi connectivity index (χ4v) is 3.03. The fourth-order valence-electron chi connectivity index (χ4n) is 3.03. The van der Waals surface area contributed by atoms with Gasteiger partial charge in [0, 0.05) is 11.1 Å². The van der Waals surface area contributed by atoms with Gasteiger partial charge in [-0.05, 0) is 36.1 Å². The topological polar surface area (TPSA) is 69.5 Å². The van der Waals surface area contributed by atoms with Crippen LogP contribution >= 0.6 is 0 Å². The van der Waals surface area contributed by atoms with Crippen LogP contribution in [0.4, 0.5) is 0 Å². The lowest BCUT2D eigenvalue weighted by Gasteiger charge is -2.10. The normalized spacial score (nSPS) is 13.6. The first kappa shape index (κ1) is 19.4. The molecular weight excluding hydrogens is 356 g/mol. The minimum absolute atomic E-state index is 0.0823. The third-order valence-corrected chi connectivity index (χ3v) is 4.49. The van der Waals surface area contributed by atoms with Crippen LogP contribution in [0.3, 0.4) is 0 Å². The summed E-state index contributed by atoms with van der Waals surface area (Å²) in [5.74, 6) is -0.581. The van der Waals surface area contributed by atoms with Gasteiger partial charge in [0.25, 0.3) is 0 Å². The maximum Gasteiger partial charge on any atom is 0.360 e. The molecule has 0 heterocycles. The monoisotopic (exact) mass is 378 g/mol. The van der Waals surface area contributed by atoms with E-state index in [2.05, 4.69) is 28.5 Å². The van der Waals surface area contributed by atoms with E-state index in [1.54, 1.807) is 6.07 Å². The maximum atomic E-state index is 12.0. The molecule has 144 valence electrons. The van der Waals surface area contributed by atoms with Crippen LogP contribution in [0.25, 0.3) is 6.08 Å². The quantitative estimate of drug-likeness (QED) is 0.418. The van der Waals surface area contributed by atoms with Gasteiger partial charge >= 0.3 is 5.97 Å². The third-order valence-electron chi connectivity index (χ3n) is 4.49. The Morgan fingerprint density at radius 1 is 1.04 bits per heavy atom. The van der Waals surface area contributed by atoms with Crippen LogP contribution in [0.1, 0.15) is 29.2 Å². The summed E-state index contributed by atoms with van der Waals surface area (Å²) < 4.78 is 4.79. The second-order valence-electron chi connectivity index (χ2n) is 6.27. The third kappa shape index (κ3) is 4.28. The molecule has 0 amide bonds. The molecule has 0 N–H and O–H groups in total. The van der Waals surface area contributed by atoms with Gasteiger partial charge in [0.05, 0.1) is 12.8 Å². The summed E-state index contributed by atoms with van der Waals surface area (Å²) >= 11 is 0. The second kappa shape index (κ2) is 8.99. The van der Waals surface area contributed by atoms with Crippen molar-refractivity contribution >= 4 is 23.5 Å². The number of ether oxygens (including phenoxy) is 1. The number of rotatable bonds is 7. The van der Waals surface area contributed by atoms with E-state index >= 15 is 0 Å². The number of hydrogen-bond donors (Lipinski definition) is 0. The Kier molecular flexibility index (Phi) is 6.22. The lowest BCUT2D eigenvalue weighted by atomic mass is 10.0. The second-order valence-corrected chi connectivity index (χ2v) is 6.27. The van der Waals surface area contributed by atoms with Gasteiger partial charge in [0.1, 0.15) is 13.7 Å².